The maximum Gasteiger partial charge on any atom is 0.251 e. The molecule has 1 N–H and O–H groups in total. The average Bonchev–Trinajstić information content (AvgIpc) is 1.35. The van der Waals surface area contributed by atoms with E-state index in [1.165, 1.54) is 0 Å². The summed E-state index contributed by atoms with van der Waals surface area (Å²) in [5.74, 6) is 0. The maximum absolute atomic E-state index is 6.68. The van der Waals surface area contributed by atoms with E-state index >= 15 is 0 Å². The highest BCUT2D eigenvalue weighted by Crippen LogP contribution is 1.67. The van der Waals surface area contributed by atoms with Gasteiger partial charge in [0.15, 0.2) is 0 Å². The highest BCUT2D eigenvalue weighted by atomic mass is 14.6. The van der Waals surface area contributed by atoms with Crippen molar-refractivity contribution < 1.29 is 0 Å². The number of hydrogen-bond acceptors (Lipinski definition) is 1. The molecule has 0 aromatic carbocycles. The Bertz CT molecular complexity index is 88.2. The Morgan fingerprint density at radius 2 is 2.50 bits per heavy atom. The highest BCUT2D eigenvalue weighted by Gasteiger charge is 1.82. The lowest BCUT2D eigenvalue weighted by atomic mass is 10.4. The summed E-state index contributed by atoms with van der Waals surface area (Å²) in [6.45, 7) is 8.09. The van der Waals surface area contributed by atoms with E-state index in [4.69, 9.17) is 12.0 Å². The van der Waals surface area contributed by atoms with Gasteiger partial charge < -0.3 is 10.3 Å². The molecule has 0 aromatic heterocycles. The van der Waals surface area contributed by atoms with Crippen LogP contribution in [-0.4, -0.2) is 12.3 Å². The molecule has 0 aliphatic rings. The molecule has 0 unspecified atom stereocenters. The van der Waals surface area contributed by atoms with E-state index < -0.39 is 0 Å². The molecule has 0 aliphatic carbocycles. The van der Waals surface area contributed by atoms with E-state index in [-0.39, 0.29) is 6.54 Å². The summed E-state index contributed by atoms with van der Waals surface area (Å²) in [7, 11) is 0. The van der Waals surface area contributed by atoms with Gasteiger partial charge in [-0.2, -0.15) is 0 Å². The third-order valence-corrected chi connectivity index (χ3v) is 0.316. The first kappa shape index (κ1) is 5.16. The molecule has 0 rings (SSSR count). The van der Waals surface area contributed by atoms with Gasteiger partial charge in [-0.15, -0.1) is 0 Å². The molecule has 0 atom stereocenters. The molecule has 0 aromatic rings. The van der Waals surface area contributed by atoms with Crippen LogP contribution >= 0.6 is 0 Å². The van der Waals surface area contributed by atoms with Gasteiger partial charge in [0, 0.05) is 0 Å². The minimum atomic E-state index is 0.250. The molecule has 2 nitrogen and oxygen atoms in total. The fraction of sp³-hybridized carbons (Fsp3) is 0.500. The minimum Gasteiger partial charge on any atom is -0.310 e. The predicted octanol–water partition coefficient (Wildman–Crippen LogP) is 0.945. The van der Waals surface area contributed by atoms with Crippen molar-refractivity contribution in [2.24, 2.45) is 0 Å². The van der Waals surface area contributed by atoms with Crippen molar-refractivity contribution in [3.63, 3.8) is 0 Å². The molecule has 32 valence electrons. The van der Waals surface area contributed by atoms with Crippen LogP contribution in [0.4, 0.5) is 0 Å². The molecule has 0 fully saturated rings. The van der Waals surface area contributed by atoms with Crippen molar-refractivity contribution in [1.29, 1.82) is 5.41 Å². The van der Waals surface area contributed by atoms with E-state index in [9.17, 15) is 0 Å². The highest BCUT2D eigenvalue weighted by molar-refractivity contribution is 5.81. The molecule has 6 heavy (non-hydrogen) atoms. The van der Waals surface area contributed by atoms with Crippen LogP contribution in [0.15, 0.2) is 0 Å². The van der Waals surface area contributed by atoms with Gasteiger partial charge >= 0.3 is 0 Å². The quantitative estimate of drug-likeness (QED) is 0.360. The first-order valence-electron chi connectivity index (χ1n) is 1.64. The molecule has 0 spiro atoms. The van der Waals surface area contributed by atoms with Crippen LogP contribution in [0.2, 0.25) is 0 Å². The lowest BCUT2D eigenvalue weighted by Crippen LogP contribution is -1.88. The minimum absolute atomic E-state index is 0.250. The number of hydrogen-bond donors (Lipinski definition) is 1. The summed E-state index contributed by atoms with van der Waals surface area (Å²) < 4.78 is 0. The molecule has 0 saturated heterocycles. The Balaban J connectivity index is 3.13. The lowest BCUT2D eigenvalue weighted by Gasteiger charge is -1.73. The fourth-order valence-corrected chi connectivity index (χ4v) is 0.119. The first-order valence-corrected chi connectivity index (χ1v) is 1.64. The molecule has 2 heteroatoms. The second-order valence-corrected chi connectivity index (χ2v) is 1.10. The summed E-state index contributed by atoms with van der Waals surface area (Å²) in [5.41, 5.74) is 0.435. The SMILES string of the molecule is [C-]#[N+]CC(C)=N. The van der Waals surface area contributed by atoms with Crippen molar-refractivity contribution in [3.05, 3.63) is 11.4 Å². The normalized spacial score (nSPS) is 6.67. The number of rotatable bonds is 1. The molecule has 0 aliphatic heterocycles. The van der Waals surface area contributed by atoms with Crippen molar-refractivity contribution >= 4 is 5.71 Å². The molecule has 0 radical (unpaired) electrons. The van der Waals surface area contributed by atoms with Crippen LogP contribution in [0.1, 0.15) is 6.92 Å². The second kappa shape index (κ2) is 2.40. The zero-order valence-electron chi connectivity index (χ0n) is 3.65. The van der Waals surface area contributed by atoms with Crippen molar-refractivity contribution in [1.82, 2.24) is 0 Å². The predicted molar refractivity (Wildman–Crippen MR) is 24.9 cm³/mol. The van der Waals surface area contributed by atoms with Crippen LogP contribution in [0.5, 0.6) is 0 Å². The Hall–Kier alpha value is -0.840. The van der Waals surface area contributed by atoms with Crippen LogP contribution in [0.3, 0.4) is 0 Å². The second-order valence-electron chi connectivity index (χ2n) is 1.10. The molecule has 0 heterocycles. The smallest absolute Gasteiger partial charge is 0.251 e. The largest absolute Gasteiger partial charge is 0.310 e. The molecular weight excluding hydrogens is 76.1 g/mol. The number of nitrogens with one attached hydrogen (secondary N) is 1. The third kappa shape index (κ3) is 3.16. The summed E-state index contributed by atoms with van der Waals surface area (Å²) in [6.07, 6.45) is 0. The standard InChI is InChI=1S/C4H6N2/c1-4(5)3-6-2/h5H,3H2,1H3. The first-order chi connectivity index (χ1) is 2.77. The van der Waals surface area contributed by atoms with Crippen LogP contribution in [0, 0.1) is 12.0 Å². The fourth-order valence-electron chi connectivity index (χ4n) is 0.119. The Morgan fingerprint density at radius 3 is 2.50 bits per heavy atom. The maximum atomic E-state index is 6.68. The van der Waals surface area contributed by atoms with Crippen molar-refractivity contribution in [3.8, 4) is 0 Å². The van der Waals surface area contributed by atoms with Crippen LogP contribution in [0.25, 0.3) is 4.85 Å². The van der Waals surface area contributed by atoms with Gasteiger partial charge in [0.25, 0.3) is 6.54 Å². The van der Waals surface area contributed by atoms with Crippen molar-refractivity contribution in [2.75, 3.05) is 6.54 Å². The van der Waals surface area contributed by atoms with Gasteiger partial charge in [0.1, 0.15) is 0 Å². The summed E-state index contributed by atoms with van der Waals surface area (Å²) >= 11 is 0. The third-order valence-electron chi connectivity index (χ3n) is 0.316. The topological polar surface area (TPSA) is 28.2 Å². The van der Waals surface area contributed by atoms with Gasteiger partial charge in [-0.1, -0.05) is 0 Å². The zero-order chi connectivity index (χ0) is 4.99. The van der Waals surface area contributed by atoms with Gasteiger partial charge in [-0.05, 0) is 6.92 Å². The van der Waals surface area contributed by atoms with E-state index in [2.05, 4.69) is 4.85 Å². The summed E-state index contributed by atoms with van der Waals surface area (Å²) in [5, 5.41) is 6.68. The summed E-state index contributed by atoms with van der Waals surface area (Å²) in [6, 6.07) is 0. The zero-order valence-corrected chi connectivity index (χ0v) is 3.65. The summed E-state index contributed by atoms with van der Waals surface area (Å²) in [4.78, 5) is 2.96. The van der Waals surface area contributed by atoms with E-state index in [1.807, 2.05) is 0 Å². The van der Waals surface area contributed by atoms with E-state index in [0.717, 1.165) is 0 Å². The van der Waals surface area contributed by atoms with E-state index in [0.29, 0.717) is 5.71 Å². The van der Waals surface area contributed by atoms with Crippen LogP contribution < -0.4 is 0 Å². The van der Waals surface area contributed by atoms with Gasteiger partial charge in [0.2, 0.25) is 0 Å². The Morgan fingerprint density at radius 1 is 2.00 bits per heavy atom. The lowest BCUT2D eigenvalue weighted by molar-refractivity contribution is 1.41. The molecule has 0 bridgehead atoms. The van der Waals surface area contributed by atoms with Gasteiger partial charge in [-0.25, -0.2) is 6.57 Å². The monoisotopic (exact) mass is 82.1 g/mol. The Kier molecular flexibility index (Phi) is 2.06. The van der Waals surface area contributed by atoms with E-state index in [1.54, 1.807) is 6.92 Å². The average molecular weight is 82.1 g/mol. The molecule has 0 saturated carbocycles. The van der Waals surface area contributed by atoms with Crippen LogP contribution in [-0.2, 0) is 0 Å². The van der Waals surface area contributed by atoms with Gasteiger partial charge in [-0.3, -0.25) is 0 Å². The molecular formula is C4H6N2. The van der Waals surface area contributed by atoms with Crippen molar-refractivity contribution in [2.45, 2.75) is 6.92 Å². The number of nitrogens with zero attached hydrogens (tertiary/aromatic N) is 1. The molecule has 0 amide bonds. The Labute approximate surface area is 37.1 Å². The van der Waals surface area contributed by atoms with Gasteiger partial charge in [0.05, 0.1) is 5.71 Å².